The molecule has 0 saturated carbocycles. The normalized spacial score (nSPS) is 13.4. The van der Waals surface area contributed by atoms with Crippen molar-refractivity contribution in [2.24, 2.45) is 0 Å². The number of hydrogen-bond donors (Lipinski definition) is 0. The van der Waals surface area contributed by atoms with E-state index in [9.17, 15) is 17.5 Å². The largest absolute Gasteiger partial charge is 1.00 e. The standard InChI is InChI=1S/C7H13ClF2O2S.Na/c8-6-4-2-1-3-5-7(9,10)13(11)12;/h1-6H2,(H,11,12);/q;+1/p-1. The number of rotatable bonds is 7. The van der Waals surface area contributed by atoms with E-state index in [0.29, 0.717) is 12.3 Å². The van der Waals surface area contributed by atoms with Crippen LogP contribution in [0.4, 0.5) is 8.78 Å². The Hall–Kier alpha value is 1.26. The van der Waals surface area contributed by atoms with Gasteiger partial charge in [0.1, 0.15) is 0 Å². The zero-order chi connectivity index (χ0) is 10.3. The van der Waals surface area contributed by atoms with Gasteiger partial charge in [0, 0.05) is 23.4 Å². The Morgan fingerprint density at radius 3 is 2.14 bits per heavy atom. The van der Waals surface area contributed by atoms with E-state index in [-0.39, 0.29) is 36.0 Å². The van der Waals surface area contributed by atoms with Crippen molar-refractivity contribution in [2.45, 2.75) is 37.4 Å². The molecule has 0 N–H and O–H groups in total. The van der Waals surface area contributed by atoms with Crippen LogP contribution in [0.25, 0.3) is 0 Å². The Morgan fingerprint density at radius 2 is 1.71 bits per heavy atom. The van der Waals surface area contributed by atoms with Gasteiger partial charge in [0.05, 0.1) is 0 Å². The molecule has 0 heterocycles. The van der Waals surface area contributed by atoms with Crippen LogP contribution in [0.3, 0.4) is 0 Å². The molecule has 0 amide bonds. The van der Waals surface area contributed by atoms with Crippen molar-refractivity contribution in [3.8, 4) is 0 Å². The molecule has 2 nitrogen and oxygen atoms in total. The van der Waals surface area contributed by atoms with Gasteiger partial charge in [-0.15, -0.1) is 11.6 Å². The first-order chi connectivity index (χ1) is 6.00. The van der Waals surface area contributed by atoms with E-state index in [1.165, 1.54) is 0 Å². The second-order valence-electron chi connectivity index (χ2n) is 2.73. The van der Waals surface area contributed by atoms with Gasteiger partial charge in [-0.25, -0.2) is 0 Å². The molecular formula is C7H12ClF2NaO2S. The van der Waals surface area contributed by atoms with Crippen LogP contribution in [0.2, 0.25) is 0 Å². The van der Waals surface area contributed by atoms with Gasteiger partial charge in [-0.3, -0.25) is 4.21 Å². The summed E-state index contributed by atoms with van der Waals surface area (Å²) in [5.74, 6) is 0.518. The SMILES string of the molecule is O=S([O-])C(F)(F)CCCCCCCl.[Na+]. The number of unbranched alkanes of at least 4 members (excludes halogenated alkanes) is 3. The van der Waals surface area contributed by atoms with Gasteiger partial charge < -0.3 is 4.55 Å². The van der Waals surface area contributed by atoms with Gasteiger partial charge in [0.15, 0.2) is 0 Å². The quantitative estimate of drug-likeness (QED) is 0.270. The summed E-state index contributed by atoms with van der Waals surface area (Å²) in [5.41, 5.74) is 0. The molecule has 80 valence electrons. The van der Waals surface area contributed by atoms with Crippen molar-refractivity contribution in [1.82, 2.24) is 0 Å². The van der Waals surface area contributed by atoms with E-state index in [2.05, 4.69) is 0 Å². The topological polar surface area (TPSA) is 40.1 Å². The fraction of sp³-hybridized carbons (Fsp3) is 1.00. The second kappa shape index (κ2) is 9.48. The first-order valence-electron chi connectivity index (χ1n) is 4.04. The Balaban J connectivity index is 0. The first kappa shape index (κ1) is 17.6. The number of alkyl halides is 3. The molecule has 0 aromatic carbocycles. The number of hydrogen-bond acceptors (Lipinski definition) is 2. The predicted octanol–water partition coefficient (Wildman–Crippen LogP) is -0.348. The molecule has 0 aliphatic carbocycles. The zero-order valence-electron chi connectivity index (χ0n) is 8.10. The molecule has 14 heavy (non-hydrogen) atoms. The minimum Gasteiger partial charge on any atom is -0.768 e. The Morgan fingerprint density at radius 1 is 1.21 bits per heavy atom. The minimum atomic E-state index is -3.57. The van der Waals surface area contributed by atoms with Crippen molar-refractivity contribution in [3.63, 3.8) is 0 Å². The molecule has 0 spiro atoms. The van der Waals surface area contributed by atoms with Crippen LogP contribution < -0.4 is 29.6 Å². The van der Waals surface area contributed by atoms with Crippen LogP contribution in [-0.2, 0) is 11.1 Å². The van der Waals surface area contributed by atoms with Gasteiger partial charge in [-0.1, -0.05) is 12.8 Å². The molecule has 0 aliphatic rings. The fourth-order valence-electron chi connectivity index (χ4n) is 0.862. The summed E-state index contributed by atoms with van der Waals surface area (Å²) in [6.45, 7) is 0. The van der Waals surface area contributed by atoms with Crippen molar-refractivity contribution < 1.29 is 47.1 Å². The average molecular weight is 257 g/mol. The molecule has 0 aromatic heterocycles. The zero-order valence-corrected chi connectivity index (χ0v) is 11.7. The predicted molar refractivity (Wildman–Crippen MR) is 47.7 cm³/mol. The van der Waals surface area contributed by atoms with Gasteiger partial charge >= 0.3 is 34.8 Å². The van der Waals surface area contributed by atoms with Crippen LogP contribution in [0, 0.1) is 0 Å². The van der Waals surface area contributed by atoms with Gasteiger partial charge in [0.2, 0.25) is 0 Å². The minimum absolute atomic E-state index is 0. The summed E-state index contributed by atoms with van der Waals surface area (Å²) < 4.78 is 44.8. The van der Waals surface area contributed by atoms with Gasteiger partial charge in [-0.05, 0) is 12.8 Å². The molecule has 1 atom stereocenters. The third-order valence-electron chi connectivity index (χ3n) is 1.60. The Labute approximate surface area is 112 Å². The molecule has 0 fully saturated rings. The monoisotopic (exact) mass is 256 g/mol. The van der Waals surface area contributed by atoms with E-state index in [4.69, 9.17) is 11.6 Å². The number of halogens is 3. The van der Waals surface area contributed by atoms with Gasteiger partial charge in [0.25, 0.3) is 0 Å². The molecule has 0 bridgehead atoms. The van der Waals surface area contributed by atoms with E-state index in [1.807, 2.05) is 0 Å². The van der Waals surface area contributed by atoms with Crippen molar-refractivity contribution >= 4 is 22.7 Å². The van der Waals surface area contributed by atoms with Crippen molar-refractivity contribution in [1.29, 1.82) is 0 Å². The molecule has 0 saturated heterocycles. The summed E-state index contributed by atoms with van der Waals surface area (Å²) in [6, 6.07) is 0. The molecule has 7 heteroatoms. The van der Waals surface area contributed by atoms with Crippen LogP contribution in [0.1, 0.15) is 32.1 Å². The maximum atomic E-state index is 12.4. The molecule has 1 unspecified atom stereocenters. The molecule has 0 radical (unpaired) electrons. The summed E-state index contributed by atoms with van der Waals surface area (Å²) in [6.07, 6.45) is 1.78. The smallest absolute Gasteiger partial charge is 0.768 e. The second-order valence-corrected chi connectivity index (χ2v) is 4.17. The van der Waals surface area contributed by atoms with Crippen LogP contribution in [0.5, 0.6) is 0 Å². The summed E-state index contributed by atoms with van der Waals surface area (Å²) in [5, 5.41) is -3.57. The van der Waals surface area contributed by atoms with Gasteiger partial charge in [-0.2, -0.15) is 8.78 Å². The van der Waals surface area contributed by atoms with Crippen molar-refractivity contribution in [3.05, 3.63) is 0 Å². The summed E-state index contributed by atoms with van der Waals surface area (Å²) in [7, 11) is 0. The molecule has 0 aliphatic heterocycles. The van der Waals surface area contributed by atoms with E-state index in [1.54, 1.807) is 0 Å². The maximum Gasteiger partial charge on any atom is 1.00 e. The maximum absolute atomic E-state index is 12.4. The third kappa shape index (κ3) is 8.56. The third-order valence-corrected chi connectivity index (χ3v) is 2.55. The van der Waals surface area contributed by atoms with E-state index >= 15 is 0 Å². The van der Waals surface area contributed by atoms with E-state index in [0.717, 1.165) is 12.8 Å². The molecule has 0 rings (SSSR count). The Bertz CT molecular complexity index is 172. The fourth-order valence-corrected chi connectivity index (χ4v) is 1.36. The average Bonchev–Trinajstić information content (AvgIpc) is 2.03. The molecular weight excluding hydrogens is 245 g/mol. The summed E-state index contributed by atoms with van der Waals surface area (Å²) >= 11 is 2.08. The van der Waals surface area contributed by atoms with Crippen LogP contribution in [-0.4, -0.2) is 19.9 Å². The first-order valence-corrected chi connectivity index (χ1v) is 5.65. The van der Waals surface area contributed by atoms with E-state index < -0.39 is 22.8 Å². The van der Waals surface area contributed by atoms with Crippen molar-refractivity contribution in [2.75, 3.05) is 5.88 Å². The Kier molecular flexibility index (Phi) is 12.0. The van der Waals surface area contributed by atoms with Crippen LogP contribution in [0.15, 0.2) is 0 Å². The van der Waals surface area contributed by atoms with Crippen LogP contribution >= 0.6 is 11.6 Å². The molecule has 0 aromatic rings. The summed E-state index contributed by atoms with van der Waals surface area (Å²) in [4.78, 5) is 0.